The highest BCUT2D eigenvalue weighted by Crippen LogP contribution is 2.07. The summed E-state index contributed by atoms with van der Waals surface area (Å²) in [4.78, 5) is 4.27. The fourth-order valence-electron chi connectivity index (χ4n) is 2.55. The number of hydrogen-bond acceptors (Lipinski definition) is 3. The highest BCUT2D eigenvalue weighted by molar-refractivity contribution is 14.0. The summed E-state index contributed by atoms with van der Waals surface area (Å²) in [6.07, 6.45) is 7.07. The van der Waals surface area contributed by atoms with Gasteiger partial charge in [-0.05, 0) is 30.0 Å². The minimum absolute atomic E-state index is 0. The van der Waals surface area contributed by atoms with E-state index in [9.17, 15) is 0 Å². The molecule has 1 aromatic heterocycles. The van der Waals surface area contributed by atoms with E-state index in [1.54, 1.807) is 13.2 Å². The molecule has 0 bridgehead atoms. The van der Waals surface area contributed by atoms with Crippen molar-refractivity contribution in [1.29, 1.82) is 0 Å². The molecule has 6 nitrogen and oxygen atoms in total. The Morgan fingerprint density at radius 2 is 1.96 bits per heavy atom. The van der Waals surface area contributed by atoms with Crippen molar-refractivity contribution >= 4 is 29.9 Å². The Morgan fingerprint density at radius 3 is 2.70 bits per heavy atom. The molecule has 2 N–H and O–H groups in total. The van der Waals surface area contributed by atoms with Gasteiger partial charge in [-0.25, -0.2) is 0 Å². The lowest BCUT2D eigenvalue weighted by atomic mass is 10.1. The topological polar surface area (TPSA) is 63.5 Å². The van der Waals surface area contributed by atoms with E-state index in [0.717, 1.165) is 51.6 Å². The molecule has 0 unspecified atom stereocenters. The summed E-state index contributed by atoms with van der Waals surface area (Å²) in [7, 11) is 1.79. The molecule has 0 fully saturated rings. The number of unbranched alkanes of at least 4 members (excludes halogenated alkanes) is 1. The third-order valence-electron chi connectivity index (χ3n) is 3.98. The Balaban J connectivity index is 0.00000364. The largest absolute Gasteiger partial charge is 0.381 e. The van der Waals surface area contributed by atoms with E-state index >= 15 is 0 Å². The molecule has 7 heteroatoms. The summed E-state index contributed by atoms with van der Waals surface area (Å²) in [6, 6.07) is 10.5. The third-order valence-corrected chi connectivity index (χ3v) is 3.98. The SMILES string of the molecule is CCCCOCCCNC(=NC)NCc1cccc(Cn2cccn2)c1.I. The van der Waals surface area contributed by atoms with Gasteiger partial charge in [-0.2, -0.15) is 5.10 Å². The van der Waals surface area contributed by atoms with Crippen LogP contribution in [0.15, 0.2) is 47.7 Å². The second-order valence-electron chi connectivity index (χ2n) is 6.20. The van der Waals surface area contributed by atoms with Crippen LogP contribution in [0.5, 0.6) is 0 Å². The Bertz CT molecular complexity index is 646. The molecular weight excluding hydrogens is 453 g/mol. The molecule has 1 heterocycles. The smallest absolute Gasteiger partial charge is 0.191 e. The van der Waals surface area contributed by atoms with E-state index in [2.05, 4.69) is 51.9 Å². The number of halogens is 1. The van der Waals surface area contributed by atoms with Crippen LogP contribution < -0.4 is 10.6 Å². The number of hydrogen-bond donors (Lipinski definition) is 2. The van der Waals surface area contributed by atoms with Gasteiger partial charge in [-0.15, -0.1) is 24.0 Å². The highest BCUT2D eigenvalue weighted by Gasteiger charge is 2.01. The molecule has 2 rings (SSSR count). The molecule has 0 radical (unpaired) electrons. The molecule has 27 heavy (non-hydrogen) atoms. The van der Waals surface area contributed by atoms with Crippen molar-refractivity contribution < 1.29 is 4.74 Å². The molecule has 1 aromatic carbocycles. The summed E-state index contributed by atoms with van der Waals surface area (Å²) in [5, 5.41) is 10.9. The summed E-state index contributed by atoms with van der Waals surface area (Å²) >= 11 is 0. The van der Waals surface area contributed by atoms with Crippen molar-refractivity contribution in [3.05, 3.63) is 53.9 Å². The van der Waals surface area contributed by atoms with Crippen LogP contribution in [0.2, 0.25) is 0 Å². The van der Waals surface area contributed by atoms with Crippen LogP contribution in [0.3, 0.4) is 0 Å². The van der Waals surface area contributed by atoms with E-state index in [1.807, 2.05) is 16.9 Å². The Kier molecular flexibility index (Phi) is 12.5. The fraction of sp³-hybridized carbons (Fsp3) is 0.500. The van der Waals surface area contributed by atoms with E-state index in [0.29, 0.717) is 0 Å². The van der Waals surface area contributed by atoms with Crippen LogP contribution in [-0.2, 0) is 17.8 Å². The predicted octanol–water partition coefficient (Wildman–Crippen LogP) is 3.42. The van der Waals surface area contributed by atoms with Crippen molar-refractivity contribution in [2.24, 2.45) is 4.99 Å². The zero-order valence-electron chi connectivity index (χ0n) is 16.4. The van der Waals surface area contributed by atoms with Crippen molar-refractivity contribution in [1.82, 2.24) is 20.4 Å². The van der Waals surface area contributed by atoms with E-state index in [-0.39, 0.29) is 24.0 Å². The maximum absolute atomic E-state index is 5.57. The van der Waals surface area contributed by atoms with Gasteiger partial charge in [0, 0.05) is 45.7 Å². The minimum Gasteiger partial charge on any atom is -0.381 e. The van der Waals surface area contributed by atoms with Gasteiger partial charge < -0.3 is 15.4 Å². The van der Waals surface area contributed by atoms with Gasteiger partial charge in [0.15, 0.2) is 5.96 Å². The molecule has 150 valence electrons. The molecule has 0 amide bonds. The first-order valence-electron chi connectivity index (χ1n) is 9.39. The second-order valence-corrected chi connectivity index (χ2v) is 6.20. The minimum atomic E-state index is 0. The molecule has 0 atom stereocenters. The molecule has 0 aliphatic heterocycles. The maximum atomic E-state index is 5.57. The van der Waals surface area contributed by atoms with Gasteiger partial charge in [0.1, 0.15) is 0 Å². The number of benzene rings is 1. The van der Waals surface area contributed by atoms with Crippen molar-refractivity contribution in [2.45, 2.75) is 39.3 Å². The van der Waals surface area contributed by atoms with Gasteiger partial charge in [0.25, 0.3) is 0 Å². The third kappa shape index (κ3) is 9.76. The number of ether oxygens (including phenoxy) is 1. The van der Waals surface area contributed by atoms with E-state index in [4.69, 9.17) is 4.74 Å². The first-order valence-corrected chi connectivity index (χ1v) is 9.39. The average molecular weight is 485 g/mol. The fourth-order valence-corrected chi connectivity index (χ4v) is 2.55. The zero-order valence-corrected chi connectivity index (χ0v) is 18.7. The van der Waals surface area contributed by atoms with Crippen molar-refractivity contribution in [3.8, 4) is 0 Å². The van der Waals surface area contributed by atoms with E-state index < -0.39 is 0 Å². The first-order chi connectivity index (χ1) is 12.8. The lowest BCUT2D eigenvalue weighted by Gasteiger charge is -2.13. The predicted molar refractivity (Wildman–Crippen MR) is 122 cm³/mol. The number of nitrogens with zero attached hydrogens (tertiary/aromatic N) is 3. The number of aromatic nitrogens is 2. The number of rotatable bonds is 11. The number of nitrogens with one attached hydrogen (secondary N) is 2. The lowest BCUT2D eigenvalue weighted by molar-refractivity contribution is 0.129. The van der Waals surface area contributed by atoms with Crippen LogP contribution in [0.1, 0.15) is 37.3 Å². The number of aliphatic imine (C=N–C) groups is 1. The Morgan fingerprint density at radius 1 is 1.15 bits per heavy atom. The van der Waals surface area contributed by atoms with Gasteiger partial charge in [0.05, 0.1) is 6.54 Å². The van der Waals surface area contributed by atoms with Crippen LogP contribution in [0, 0.1) is 0 Å². The molecule has 0 aliphatic carbocycles. The summed E-state index contributed by atoms with van der Waals surface area (Å²) in [6.45, 7) is 6.20. The van der Waals surface area contributed by atoms with Gasteiger partial charge in [-0.3, -0.25) is 9.67 Å². The standard InChI is InChI=1S/C20H31N5O.HI/c1-3-4-13-26-14-7-10-22-20(21-2)23-16-18-8-5-9-19(15-18)17-25-12-6-11-24-25;/h5-6,8-9,11-12,15H,3-4,7,10,13-14,16-17H2,1-2H3,(H2,21,22,23);1H. The normalized spacial score (nSPS) is 11.1. The first kappa shape index (κ1) is 23.4. The Hall–Kier alpha value is -1.61. The van der Waals surface area contributed by atoms with Gasteiger partial charge >= 0.3 is 0 Å². The number of guanidine groups is 1. The quantitative estimate of drug-likeness (QED) is 0.222. The summed E-state index contributed by atoms with van der Waals surface area (Å²) in [5.41, 5.74) is 2.46. The molecular formula is C20H32IN5O. The summed E-state index contributed by atoms with van der Waals surface area (Å²) < 4.78 is 7.49. The molecule has 0 spiro atoms. The lowest BCUT2D eigenvalue weighted by Crippen LogP contribution is -2.37. The second kappa shape index (κ2) is 14.4. The van der Waals surface area contributed by atoms with Crippen LogP contribution >= 0.6 is 24.0 Å². The zero-order chi connectivity index (χ0) is 18.5. The van der Waals surface area contributed by atoms with Gasteiger partial charge in [0.2, 0.25) is 0 Å². The van der Waals surface area contributed by atoms with Crippen LogP contribution in [0.25, 0.3) is 0 Å². The van der Waals surface area contributed by atoms with Gasteiger partial charge in [-0.1, -0.05) is 37.6 Å². The van der Waals surface area contributed by atoms with Crippen LogP contribution in [0.4, 0.5) is 0 Å². The Labute approximate surface area is 179 Å². The molecule has 2 aromatic rings. The maximum Gasteiger partial charge on any atom is 0.191 e. The summed E-state index contributed by atoms with van der Waals surface area (Å²) in [5.74, 6) is 0.816. The highest BCUT2D eigenvalue weighted by atomic mass is 127. The van der Waals surface area contributed by atoms with E-state index in [1.165, 1.54) is 17.5 Å². The van der Waals surface area contributed by atoms with Crippen molar-refractivity contribution in [3.63, 3.8) is 0 Å². The van der Waals surface area contributed by atoms with Crippen LogP contribution in [-0.4, -0.2) is 42.5 Å². The van der Waals surface area contributed by atoms with Crippen molar-refractivity contribution in [2.75, 3.05) is 26.8 Å². The average Bonchev–Trinajstić information content (AvgIpc) is 3.17. The molecule has 0 aliphatic rings. The molecule has 0 saturated heterocycles. The molecule has 0 saturated carbocycles. The monoisotopic (exact) mass is 485 g/mol.